The molecule has 0 fully saturated rings. The van der Waals surface area contributed by atoms with E-state index in [1.165, 1.54) is 36.7 Å². The van der Waals surface area contributed by atoms with Crippen molar-refractivity contribution in [1.82, 2.24) is 9.97 Å². The number of hydrogen-bond acceptors (Lipinski definition) is 4. The maximum Gasteiger partial charge on any atom is 2.00 e. The van der Waals surface area contributed by atoms with Gasteiger partial charge < -0.3 is 35.0 Å². The zero-order chi connectivity index (χ0) is 13.1. The molecule has 0 aliphatic rings. The fourth-order valence-electron chi connectivity index (χ4n) is 1.41. The van der Waals surface area contributed by atoms with Crippen LogP contribution in [0.25, 0.3) is 11.4 Å². The SMILES string of the molecule is O=C(O)c1ccnc(-c2cc(C(=O)O)ccn2)c1.[Cl-].[Cl-].[Pt+2]. The number of hydrogen-bond donors (Lipinski definition) is 2. The van der Waals surface area contributed by atoms with E-state index in [4.69, 9.17) is 10.2 Å². The summed E-state index contributed by atoms with van der Waals surface area (Å²) in [6.07, 6.45) is 2.68. The summed E-state index contributed by atoms with van der Waals surface area (Å²) < 4.78 is 0. The van der Waals surface area contributed by atoms with Gasteiger partial charge in [0.15, 0.2) is 0 Å². The van der Waals surface area contributed by atoms with Crippen LogP contribution in [-0.4, -0.2) is 32.1 Å². The zero-order valence-electron chi connectivity index (χ0n) is 10.1. The average Bonchev–Trinajstić information content (AvgIpc) is 2.39. The Morgan fingerprint density at radius 1 is 0.810 bits per heavy atom. The topological polar surface area (TPSA) is 100 Å². The molecule has 6 nitrogen and oxygen atoms in total. The minimum atomic E-state index is -1.08. The van der Waals surface area contributed by atoms with Crippen LogP contribution in [-0.2, 0) is 21.1 Å². The number of carboxylic acids is 2. The van der Waals surface area contributed by atoms with Crippen molar-refractivity contribution >= 4 is 11.9 Å². The number of aromatic carboxylic acids is 2. The van der Waals surface area contributed by atoms with E-state index >= 15 is 0 Å². The molecule has 2 heterocycles. The van der Waals surface area contributed by atoms with E-state index in [2.05, 4.69) is 9.97 Å². The van der Waals surface area contributed by atoms with E-state index in [1.54, 1.807) is 0 Å². The van der Waals surface area contributed by atoms with Crippen molar-refractivity contribution in [2.24, 2.45) is 0 Å². The zero-order valence-corrected chi connectivity index (χ0v) is 13.9. The van der Waals surface area contributed by atoms with Gasteiger partial charge in [-0.15, -0.1) is 0 Å². The van der Waals surface area contributed by atoms with Gasteiger partial charge in [-0.2, -0.15) is 0 Å². The van der Waals surface area contributed by atoms with E-state index in [9.17, 15) is 9.59 Å². The number of pyridine rings is 2. The molecule has 114 valence electrons. The molecule has 2 rings (SSSR count). The second kappa shape index (κ2) is 9.45. The maximum absolute atomic E-state index is 10.8. The molecule has 0 bridgehead atoms. The Hall–Kier alpha value is -1.49. The molecule has 0 saturated heterocycles. The quantitative estimate of drug-likeness (QED) is 0.433. The number of aromatic nitrogens is 2. The molecule has 21 heavy (non-hydrogen) atoms. The Balaban J connectivity index is 0. The van der Waals surface area contributed by atoms with Gasteiger partial charge in [0.05, 0.1) is 22.5 Å². The molecule has 0 atom stereocenters. The fraction of sp³-hybridized carbons (Fsp3) is 0. The van der Waals surface area contributed by atoms with Gasteiger partial charge in [-0.25, -0.2) is 9.59 Å². The first-order chi connectivity index (χ1) is 8.58. The predicted molar refractivity (Wildman–Crippen MR) is 61.4 cm³/mol. The second-order valence-electron chi connectivity index (χ2n) is 3.47. The van der Waals surface area contributed by atoms with E-state index in [0.29, 0.717) is 11.4 Å². The van der Waals surface area contributed by atoms with E-state index in [1.807, 2.05) is 0 Å². The molecule has 9 heteroatoms. The Labute approximate surface area is 146 Å². The number of nitrogens with zero attached hydrogens (tertiary/aromatic N) is 2. The Morgan fingerprint density at radius 2 is 1.14 bits per heavy atom. The molecular formula is C12H8Cl2N2O4Pt. The molecule has 0 radical (unpaired) electrons. The van der Waals surface area contributed by atoms with Crippen LogP contribution in [0, 0.1) is 0 Å². The van der Waals surface area contributed by atoms with Gasteiger partial charge >= 0.3 is 33.0 Å². The first-order valence-electron chi connectivity index (χ1n) is 4.97. The third-order valence-electron chi connectivity index (χ3n) is 2.28. The normalized spacial score (nSPS) is 8.57. The molecule has 2 aromatic rings. The Kier molecular flexibility index (Phi) is 9.81. The van der Waals surface area contributed by atoms with Crippen LogP contribution < -0.4 is 24.8 Å². The summed E-state index contributed by atoms with van der Waals surface area (Å²) in [5.74, 6) is -2.15. The van der Waals surface area contributed by atoms with Crippen molar-refractivity contribution in [3.05, 3.63) is 47.8 Å². The van der Waals surface area contributed by atoms with Crippen LogP contribution in [0.4, 0.5) is 0 Å². The van der Waals surface area contributed by atoms with E-state index in [-0.39, 0.29) is 57.0 Å². The largest absolute Gasteiger partial charge is 2.00 e. The van der Waals surface area contributed by atoms with Gasteiger partial charge in [-0.3, -0.25) is 9.97 Å². The van der Waals surface area contributed by atoms with E-state index < -0.39 is 11.9 Å². The molecule has 0 unspecified atom stereocenters. The number of rotatable bonds is 3. The van der Waals surface area contributed by atoms with Crippen molar-refractivity contribution in [1.29, 1.82) is 0 Å². The van der Waals surface area contributed by atoms with Gasteiger partial charge in [0, 0.05) is 12.4 Å². The van der Waals surface area contributed by atoms with Gasteiger partial charge in [0.25, 0.3) is 0 Å². The van der Waals surface area contributed by atoms with Crippen LogP contribution in [0.3, 0.4) is 0 Å². The van der Waals surface area contributed by atoms with Gasteiger partial charge in [-0.1, -0.05) is 0 Å². The first kappa shape index (κ1) is 21.8. The number of carboxylic acid groups (broad SMARTS) is 2. The summed E-state index contributed by atoms with van der Waals surface area (Å²) in [5.41, 5.74) is 0.779. The molecule has 0 aliphatic carbocycles. The molecule has 0 aliphatic heterocycles. The van der Waals surface area contributed by atoms with E-state index in [0.717, 1.165) is 0 Å². The molecular weight excluding hydrogens is 502 g/mol. The van der Waals surface area contributed by atoms with Gasteiger partial charge in [0.2, 0.25) is 0 Å². The van der Waals surface area contributed by atoms with Gasteiger partial charge in [-0.05, 0) is 24.3 Å². The summed E-state index contributed by atoms with van der Waals surface area (Å²) in [4.78, 5) is 29.6. The monoisotopic (exact) mass is 509 g/mol. The summed E-state index contributed by atoms with van der Waals surface area (Å²) in [5, 5.41) is 17.7. The molecule has 0 aromatic carbocycles. The minimum Gasteiger partial charge on any atom is -1.00 e. The van der Waals surface area contributed by atoms with Crippen LogP contribution >= 0.6 is 0 Å². The number of halogens is 2. The molecule has 2 N–H and O–H groups in total. The third kappa shape index (κ3) is 5.42. The van der Waals surface area contributed by atoms with Crippen molar-refractivity contribution in [3.8, 4) is 11.4 Å². The van der Waals surface area contributed by atoms with Crippen LogP contribution in [0.2, 0.25) is 0 Å². The standard InChI is InChI=1S/C12H8N2O4.2ClH.Pt/c15-11(16)7-1-3-13-9(5-7)10-6-8(12(17)18)2-4-14-10;;;/h1-6H,(H,15,16)(H,17,18);2*1H;/q;;;+2/p-2. The summed E-state index contributed by atoms with van der Waals surface area (Å²) in [6.45, 7) is 0. The summed E-state index contributed by atoms with van der Waals surface area (Å²) in [7, 11) is 0. The minimum absolute atomic E-state index is 0. The summed E-state index contributed by atoms with van der Waals surface area (Å²) >= 11 is 0. The van der Waals surface area contributed by atoms with Crippen LogP contribution in [0.1, 0.15) is 20.7 Å². The van der Waals surface area contributed by atoms with Crippen molar-refractivity contribution in [2.75, 3.05) is 0 Å². The fourth-order valence-corrected chi connectivity index (χ4v) is 1.41. The van der Waals surface area contributed by atoms with Crippen molar-refractivity contribution in [2.45, 2.75) is 0 Å². The molecule has 0 spiro atoms. The van der Waals surface area contributed by atoms with Crippen molar-refractivity contribution in [3.63, 3.8) is 0 Å². The molecule has 0 amide bonds. The van der Waals surface area contributed by atoms with Gasteiger partial charge in [0.1, 0.15) is 0 Å². The molecule has 2 aromatic heterocycles. The first-order valence-corrected chi connectivity index (χ1v) is 4.97. The summed E-state index contributed by atoms with van der Waals surface area (Å²) in [6, 6.07) is 5.40. The Morgan fingerprint density at radius 3 is 1.43 bits per heavy atom. The third-order valence-corrected chi connectivity index (χ3v) is 2.28. The average molecular weight is 510 g/mol. The predicted octanol–water partition coefficient (Wildman–Crippen LogP) is -4.45. The molecule has 0 saturated carbocycles. The maximum atomic E-state index is 10.8. The smallest absolute Gasteiger partial charge is 1.00 e. The second-order valence-corrected chi connectivity index (χ2v) is 3.47. The van der Waals surface area contributed by atoms with Crippen LogP contribution in [0.15, 0.2) is 36.7 Å². The van der Waals surface area contributed by atoms with Crippen LogP contribution in [0.5, 0.6) is 0 Å². The van der Waals surface area contributed by atoms with Crippen molar-refractivity contribution < 1.29 is 65.7 Å². The Bertz CT molecular complexity index is 585. The number of carbonyl (C=O) groups is 2.